The Kier molecular flexibility index (Phi) is 5.44. The minimum atomic E-state index is -0.128. The van der Waals surface area contributed by atoms with Gasteiger partial charge in [0.05, 0.1) is 6.61 Å². The van der Waals surface area contributed by atoms with E-state index in [-0.39, 0.29) is 12.7 Å². The summed E-state index contributed by atoms with van der Waals surface area (Å²) in [5.74, 6) is 0. The van der Waals surface area contributed by atoms with E-state index in [1.807, 2.05) is 0 Å². The first-order chi connectivity index (χ1) is 8.04. The molecule has 1 rings (SSSR count). The minimum absolute atomic E-state index is 0.128. The first kappa shape index (κ1) is 14.0. The Balaban J connectivity index is 2.35. The summed E-state index contributed by atoms with van der Waals surface area (Å²) in [5.41, 5.74) is 0.490. The molecule has 0 aliphatic rings. The summed E-state index contributed by atoms with van der Waals surface area (Å²) < 4.78 is 10.4. The van der Waals surface area contributed by atoms with E-state index in [2.05, 4.69) is 37.6 Å². The molecule has 1 heterocycles. The van der Waals surface area contributed by atoms with E-state index in [0.29, 0.717) is 24.4 Å². The molecule has 98 valence electrons. The number of aromatic nitrogens is 1. The number of ether oxygens (including phenoxy) is 1. The molecular formula is C12H22N2O3. The SMILES string of the molecule is CC(C)N(CCOc1nc(CO)co1)C(C)C. The fourth-order valence-corrected chi connectivity index (χ4v) is 1.78. The topological polar surface area (TPSA) is 58.7 Å². The molecule has 0 aromatic carbocycles. The molecular weight excluding hydrogens is 220 g/mol. The third-order valence-electron chi connectivity index (χ3n) is 2.59. The lowest BCUT2D eigenvalue weighted by molar-refractivity contribution is 0.127. The van der Waals surface area contributed by atoms with E-state index in [9.17, 15) is 0 Å². The lowest BCUT2D eigenvalue weighted by atomic mass is 10.2. The lowest BCUT2D eigenvalue weighted by Crippen LogP contribution is -2.39. The molecule has 0 bridgehead atoms. The standard InChI is InChI=1S/C12H22N2O3/c1-9(2)14(10(3)4)5-6-16-12-13-11(7-15)8-17-12/h8-10,15H,5-7H2,1-4H3. The average Bonchev–Trinajstić information content (AvgIpc) is 2.71. The quantitative estimate of drug-likeness (QED) is 0.788. The monoisotopic (exact) mass is 242 g/mol. The van der Waals surface area contributed by atoms with Gasteiger partial charge in [-0.25, -0.2) is 0 Å². The van der Waals surface area contributed by atoms with Crippen LogP contribution < -0.4 is 4.74 Å². The van der Waals surface area contributed by atoms with Gasteiger partial charge < -0.3 is 14.3 Å². The van der Waals surface area contributed by atoms with Crippen molar-refractivity contribution in [2.24, 2.45) is 0 Å². The summed E-state index contributed by atoms with van der Waals surface area (Å²) in [6.07, 6.45) is 1.62. The fourth-order valence-electron chi connectivity index (χ4n) is 1.78. The van der Waals surface area contributed by atoms with Crippen molar-refractivity contribution < 1.29 is 14.3 Å². The van der Waals surface area contributed by atoms with Gasteiger partial charge in [0.1, 0.15) is 18.6 Å². The Morgan fingerprint density at radius 3 is 2.47 bits per heavy atom. The van der Waals surface area contributed by atoms with Crippen molar-refractivity contribution in [3.8, 4) is 6.08 Å². The highest BCUT2D eigenvalue weighted by Crippen LogP contribution is 2.10. The molecule has 1 aromatic rings. The van der Waals surface area contributed by atoms with Crippen molar-refractivity contribution in [3.63, 3.8) is 0 Å². The second-order valence-electron chi connectivity index (χ2n) is 4.54. The first-order valence-corrected chi connectivity index (χ1v) is 5.98. The Labute approximate surface area is 102 Å². The number of nitrogens with zero attached hydrogens (tertiary/aromatic N) is 2. The molecule has 17 heavy (non-hydrogen) atoms. The molecule has 0 spiro atoms. The van der Waals surface area contributed by atoms with Crippen molar-refractivity contribution in [1.82, 2.24) is 9.88 Å². The fraction of sp³-hybridized carbons (Fsp3) is 0.750. The highest BCUT2D eigenvalue weighted by atomic mass is 16.6. The molecule has 5 heteroatoms. The summed E-state index contributed by atoms with van der Waals surface area (Å²) in [6.45, 7) is 9.87. The van der Waals surface area contributed by atoms with E-state index in [0.717, 1.165) is 6.54 Å². The van der Waals surface area contributed by atoms with Gasteiger partial charge in [-0.3, -0.25) is 4.90 Å². The van der Waals surface area contributed by atoms with Crippen LogP contribution in [0.3, 0.4) is 0 Å². The Morgan fingerprint density at radius 2 is 2.00 bits per heavy atom. The van der Waals surface area contributed by atoms with Crippen LogP contribution in [0.4, 0.5) is 0 Å². The summed E-state index contributed by atoms with van der Waals surface area (Å²) in [5, 5.41) is 8.82. The molecule has 0 radical (unpaired) electrons. The van der Waals surface area contributed by atoms with Gasteiger partial charge >= 0.3 is 6.08 Å². The van der Waals surface area contributed by atoms with Crippen LogP contribution in [0, 0.1) is 0 Å². The number of oxazole rings is 1. The Bertz CT molecular complexity index is 315. The molecule has 0 atom stereocenters. The second kappa shape index (κ2) is 6.61. The summed E-state index contributed by atoms with van der Waals surface area (Å²) in [6, 6.07) is 0.965. The van der Waals surface area contributed by atoms with E-state index < -0.39 is 0 Å². The largest absolute Gasteiger partial charge is 0.449 e. The van der Waals surface area contributed by atoms with Gasteiger partial charge in [-0.05, 0) is 27.7 Å². The van der Waals surface area contributed by atoms with Crippen molar-refractivity contribution in [2.75, 3.05) is 13.2 Å². The average molecular weight is 242 g/mol. The van der Waals surface area contributed by atoms with Crippen LogP contribution in [0.15, 0.2) is 10.7 Å². The van der Waals surface area contributed by atoms with Gasteiger partial charge in [0.15, 0.2) is 0 Å². The summed E-state index contributed by atoms with van der Waals surface area (Å²) in [7, 11) is 0. The summed E-state index contributed by atoms with van der Waals surface area (Å²) in [4.78, 5) is 6.29. The van der Waals surface area contributed by atoms with Crippen LogP contribution in [0.25, 0.3) is 0 Å². The highest BCUT2D eigenvalue weighted by molar-refractivity contribution is 4.97. The van der Waals surface area contributed by atoms with Crippen molar-refractivity contribution in [1.29, 1.82) is 0 Å². The van der Waals surface area contributed by atoms with Crippen LogP contribution in [-0.2, 0) is 6.61 Å². The molecule has 0 fully saturated rings. The number of aliphatic hydroxyl groups is 1. The third-order valence-corrected chi connectivity index (χ3v) is 2.59. The van der Waals surface area contributed by atoms with Gasteiger partial charge in [-0.2, -0.15) is 4.98 Å². The smallest absolute Gasteiger partial charge is 0.393 e. The number of rotatable bonds is 7. The number of hydrogen-bond acceptors (Lipinski definition) is 5. The van der Waals surface area contributed by atoms with Crippen LogP contribution in [0.1, 0.15) is 33.4 Å². The Hall–Kier alpha value is -1.07. The van der Waals surface area contributed by atoms with Crippen molar-refractivity contribution in [3.05, 3.63) is 12.0 Å². The zero-order valence-electron chi connectivity index (χ0n) is 11.0. The van der Waals surface area contributed by atoms with Gasteiger partial charge in [-0.1, -0.05) is 0 Å². The molecule has 0 aliphatic heterocycles. The molecule has 0 saturated carbocycles. The summed E-state index contributed by atoms with van der Waals surface area (Å²) >= 11 is 0. The number of aliphatic hydroxyl groups excluding tert-OH is 1. The van der Waals surface area contributed by atoms with E-state index in [4.69, 9.17) is 14.3 Å². The molecule has 0 unspecified atom stereocenters. The third kappa shape index (κ3) is 4.36. The van der Waals surface area contributed by atoms with E-state index in [1.165, 1.54) is 6.26 Å². The normalized spacial score (nSPS) is 11.8. The zero-order chi connectivity index (χ0) is 12.8. The van der Waals surface area contributed by atoms with Crippen LogP contribution in [0.2, 0.25) is 0 Å². The van der Waals surface area contributed by atoms with Gasteiger partial charge in [0.25, 0.3) is 0 Å². The predicted octanol–water partition coefficient (Wildman–Crippen LogP) is 1.66. The van der Waals surface area contributed by atoms with Gasteiger partial charge in [-0.15, -0.1) is 0 Å². The van der Waals surface area contributed by atoms with Gasteiger partial charge in [0.2, 0.25) is 0 Å². The van der Waals surface area contributed by atoms with Crippen LogP contribution in [0.5, 0.6) is 6.08 Å². The van der Waals surface area contributed by atoms with Crippen LogP contribution >= 0.6 is 0 Å². The molecule has 1 N–H and O–H groups in total. The second-order valence-corrected chi connectivity index (χ2v) is 4.54. The minimum Gasteiger partial charge on any atom is -0.449 e. The lowest BCUT2D eigenvalue weighted by Gasteiger charge is -2.29. The van der Waals surface area contributed by atoms with Crippen molar-refractivity contribution >= 4 is 0 Å². The first-order valence-electron chi connectivity index (χ1n) is 5.98. The molecule has 5 nitrogen and oxygen atoms in total. The maximum Gasteiger partial charge on any atom is 0.393 e. The molecule has 1 aromatic heterocycles. The van der Waals surface area contributed by atoms with E-state index >= 15 is 0 Å². The zero-order valence-corrected chi connectivity index (χ0v) is 11.0. The number of hydrogen-bond donors (Lipinski definition) is 1. The molecule has 0 amide bonds. The molecule has 0 aliphatic carbocycles. The maximum atomic E-state index is 8.82. The van der Waals surface area contributed by atoms with Crippen molar-refractivity contribution in [2.45, 2.75) is 46.4 Å². The maximum absolute atomic E-state index is 8.82. The molecule has 0 saturated heterocycles. The predicted molar refractivity (Wildman–Crippen MR) is 64.9 cm³/mol. The highest BCUT2D eigenvalue weighted by Gasteiger charge is 2.13. The van der Waals surface area contributed by atoms with E-state index in [1.54, 1.807) is 0 Å². The van der Waals surface area contributed by atoms with Crippen LogP contribution in [-0.4, -0.2) is 40.2 Å². The van der Waals surface area contributed by atoms with Gasteiger partial charge in [0, 0.05) is 18.6 Å². The Morgan fingerprint density at radius 1 is 1.35 bits per heavy atom.